The predicted molar refractivity (Wildman–Crippen MR) is 90.6 cm³/mol. The summed E-state index contributed by atoms with van der Waals surface area (Å²) in [6.45, 7) is 3.79. The number of rotatable bonds is 3. The lowest BCUT2D eigenvalue weighted by Gasteiger charge is -2.06. The molecule has 3 aromatic rings. The Morgan fingerprint density at radius 3 is 2.77 bits per heavy atom. The fourth-order valence-electron chi connectivity index (χ4n) is 2.29. The Morgan fingerprint density at radius 1 is 1.23 bits per heavy atom. The number of nitrogens with zero attached hydrogens (tertiary/aromatic N) is 2. The second-order valence-corrected chi connectivity index (χ2v) is 6.40. The van der Waals surface area contributed by atoms with Gasteiger partial charge in [0.25, 0.3) is 5.56 Å². The molecule has 0 aliphatic rings. The highest BCUT2D eigenvalue weighted by molar-refractivity contribution is 7.98. The van der Waals surface area contributed by atoms with Gasteiger partial charge in [-0.05, 0) is 37.1 Å². The van der Waals surface area contributed by atoms with Crippen molar-refractivity contribution in [2.24, 2.45) is 0 Å². The number of aryl methyl sites for hydroxylation is 2. The maximum atomic E-state index is 12.2. The van der Waals surface area contributed by atoms with E-state index < -0.39 is 0 Å². The average Bonchev–Trinajstić information content (AvgIpc) is 2.45. The third kappa shape index (κ3) is 3.00. The van der Waals surface area contributed by atoms with Crippen molar-refractivity contribution in [1.82, 2.24) is 15.0 Å². The van der Waals surface area contributed by atoms with Crippen molar-refractivity contribution in [3.05, 3.63) is 62.5 Å². The summed E-state index contributed by atoms with van der Waals surface area (Å²) in [5, 5.41) is 1.81. The molecule has 1 aromatic carbocycles. The molecule has 1 N–H and O–H groups in total. The average molecular weight is 332 g/mol. The molecule has 0 amide bonds. The molecule has 0 radical (unpaired) electrons. The molecule has 2 heterocycles. The van der Waals surface area contributed by atoms with Crippen molar-refractivity contribution in [2.45, 2.75) is 24.8 Å². The van der Waals surface area contributed by atoms with Crippen LogP contribution in [0.4, 0.5) is 0 Å². The molecule has 2 aromatic heterocycles. The first kappa shape index (κ1) is 15.1. The van der Waals surface area contributed by atoms with Gasteiger partial charge in [-0.1, -0.05) is 41.6 Å². The number of thioether (sulfide) groups is 1. The molecule has 0 fully saturated rings. The molecule has 6 heteroatoms. The summed E-state index contributed by atoms with van der Waals surface area (Å²) in [4.78, 5) is 23.9. The summed E-state index contributed by atoms with van der Waals surface area (Å²) in [5.41, 5.74) is 3.08. The van der Waals surface area contributed by atoms with E-state index in [1.165, 1.54) is 11.8 Å². The Labute approximate surface area is 137 Å². The van der Waals surface area contributed by atoms with Crippen molar-refractivity contribution >= 4 is 34.4 Å². The van der Waals surface area contributed by atoms with Crippen LogP contribution >= 0.6 is 23.4 Å². The fourth-order valence-corrected chi connectivity index (χ4v) is 3.43. The van der Waals surface area contributed by atoms with E-state index in [4.69, 9.17) is 11.6 Å². The van der Waals surface area contributed by atoms with Gasteiger partial charge in [0.2, 0.25) is 0 Å². The first-order chi connectivity index (χ1) is 10.5. The van der Waals surface area contributed by atoms with Crippen molar-refractivity contribution < 1.29 is 0 Å². The molecule has 0 saturated carbocycles. The van der Waals surface area contributed by atoms with E-state index in [0.717, 1.165) is 16.8 Å². The number of aromatic amines is 1. The van der Waals surface area contributed by atoms with E-state index in [9.17, 15) is 4.79 Å². The smallest absolute Gasteiger partial charge is 0.261 e. The van der Waals surface area contributed by atoms with Gasteiger partial charge >= 0.3 is 0 Å². The number of halogens is 1. The van der Waals surface area contributed by atoms with Gasteiger partial charge in [0.15, 0.2) is 10.8 Å². The summed E-state index contributed by atoms with van der Waals surface area (Å²) in [6.07, 6.45) is 0. The molecule has 4 nitrogen and oxygen atoms in total. The summed E-state index contributed by atoms with van der Waals surface area (Å²) in [6, 6.07) is 9.52. The Hall–Kier alpha value is -1.85. The lowest BCUT2D eigenvalue weighted by atomic mass is 10.2. The van der Waals surface area contributed by atoms with Gasteiger partial charge in [0, 0.05) is 16.5 Å². The van der Waals surface area contributed by atoms with Crippen molar-refractivity contribution in [1.29, 1.82) is 0 Å². The predicted octanol–water partition coefficient (Wildman–Crippen LogP) is 3.88. The van der Waals surface area contributed by atoms with Gasteiger partial charge in [-0.15, -0.1) is 0 Å². The highest BCUT2D eigenvalue weighted by Gasteiger charge is 2.10. The van der Waals surface area contributed by atoms with Gasteiger partial charge < -0.3 is 4.98 Å². The van der Waals surface area contributed by atoms with Gasteiger partial charge in [-0.25, -0.2) is 9.97 Å². The number of hydrogen-bond acceptors (Lipinski definition) is 4. The number of pyridine rings is 1. The summed E-state index contributed by atoms with van der Waals surface area (Å²) < 4.78 is 0. The molecule has 0 saturated heterocycles. The molecule has 0 bridgehead atoms. The van der Waals surface area contributed by atoms with Crippen molar-refractivity contribution in [2.75, 3.05) is 0 Å². The minimum absolute atomic E-state index is 0.156. The second-order valence-electron chi connectivity index (χ2n) is 5.03. The molecule has 0 atom stereocenters. The standard InChI is InChI=1S/C16H14ClN3OS/c1-9-7-10(2)18-14-13(9)15(21)20-16(19-14)22-8-11-5-3-4-6-12(11)17/h3-7H,8H2,1-2H3,(H,18,19,20,21). The minimum Gasteiger partial charge on any atom is -0.301 e. The van der Waals surface area contributed by atoms with Crippen LogP contribution in [0.3, 0.4) is 0 Å². The zero-order valence-electron chi connectivity index (χ0n) is 12.2. The minimum atomic E-state index is -0.156. The normalized spacial score (nSPS) is 11.0. The lowest BCUT2D eigenvalue weighted by Crippen LogP contribution is -2.12. The van der Waals surface area contributed by atoms with Crippen LogP contribution < -0.4 is 5.56 Å². The lowest BCUT2D eigenvalue weighted by molar-refractivity contribution is 0.954. The van der Waals surface area contributed by atoms with Crippen LogP contribution in [0.1, 0.15) is 16.8 Å². The van der Waals surface area contributed by atoms with Crippen LogP contribution in [0.15, 0.2) is 40.3 Å². The second kappa shape index (κ2) is 6.10. The van der Waals surface area contributed by atoms with Gasteiger partial charge in [0.05, 0.1) is 5.39 Å². The summed E-state index contributed by atoms with van der Waals surface area (Å²) in [7, 11) is 0. The van der Waals surface area contributed by atoms with Crippen molar-refractivity contribution in [3.63, 3.8) is 0 Å². The number of nitrogens with one attached hydrogen (secondary N) is 1. The Bertz CT molecular complexity index is 908. The van der Waals surface area contributed by atoms with Crippen LogP contribution in [-0.2, 0) is 5.75 Å². The van der Waals surface area contributed by atoms with Crippen LogP contribution in [0.5, 0.6) is 0 Å². The molecular weight excluding hydrogens is 318 g/mol. The molecule has 0 aliphatic carbocycles. The maximum Gasteiger partial charge on any atom is 0.261 e. The highest BCUT2D eigenvalue weighted by Crippen LogP contribution is 2.24. The molecule has 0 spiro atoms. The van der Waals surface area contributed by atoms with Crippen LogP contribution in [-0.4, -0.2) is 15.0 Å². The van der Waals surface area contributed by atoms with Crippen LogP contribution in [0, 0.1) is 13.8 Å². The Balaban J connectivity index is 1.95. The van der Waals surface area contributed by atoms with Gasteiger partial charge in [-0.3, -0.25) is 4.79 Å². The number of H-pyrrole nitrogens is 1. The Morgan fingerprint density at radius 2 is 2.00 bits per heavy atom. The van der Waals surface area contributed by atoms with E-state index in [2.05, 4.69) is 15.0 Å². The molecule has 112 valence electrons. The topological polar surface area (TPSA) is 58.6 Å². The third-order valence-corrected chi connectivity index (χ3v) is 4.59. The molecule has 0 aliphatic heterocycles. The van der Waals surface area contributed by atoms with Gasteiger partial charge in [0.1, 0.15) is 0 Å². The first-order valence-electron chi connectivity index (χ1n) is 6.79. The quantitative estimate of drug-likeness (QED) is 0.584. The third-order valence-electron chi connectivity index (χ3n) is 3.30. The fraction of sp³-hybridized carbons (Fsp3) is 0.188. The van der Waals surface area contributed by atoms with E-state index in [-0.39, 0.29) is 5.56 Å². The van der Waals surface area contributed by atoms with E-state index in [1.54, 1.807) is 0 Å². The maximum absolute atomic E-state index is 12.2. The monoisotopic (exact) mass is 331 g/mol. The highest BCUT2D eigenvalue weighted by atomic mass is 35.5. The molecule has 3 rings (SSSR count). The number of aromatic nitrogens is 3. The van der Waals surface area contributed by atoms with E-state index >= 15 is 0 Å². The van der Waals surface area contributed by atoms with Crippen LogP contribution in [0.2, 0.25) is 5.02 Å². The zero-order chi connectivity index (χ0) is 15.7. The molecular formula is C16H14ClN3OS. The first-order valence-corrected chi connectivity index (χ1v) is 8.15. The van der Waals surface area contributed by atoms with Crippen LogP contribution in [0.25, 0.3) is 11.0 Å². The summed E-state index contributed by atoms with van der Waals surface area (Å²) in [5.74, 6) is 0.638. The molecule has 0 unspecified atom stereocenters. The largest absolute Gasteiger partial charge is 0.301 e. The SMILES string of the molecule is Cc1cc(C)c2c(=O)[nH]c(SCc3ccccc3Cl)nc2n1. The molecule has 22 heavy (non-hydrogen) atoms. The number of benzene rings is 1. The van der Waals surface area contributed by atoms with Gasteiger partial charge in [-0.2, -0.15) is 0 Å². The number of hydrogen-bond donors (Lipinski definition) is 1. The van der Waals surface area contributed by atoms with E-state index in [1.807, 2.05) is 44.2 Å². The van der Waals surface area contributed by atoms with E-state index in [0.29, 0.717) is 27.0 Å². The number of fused-ring (bicyclic) bond motifs is 1. The zero-order valence-corrected chi connectivity index (χ0v) is 13.8. The van der Waals surface area contributed by atoms with Crippen molar-refractivity contribution in [3.8, 4) is 0 Å². The summed E-state index contributed by atoms with van der Waals surface area (Å²) >= 11 is 7.58. The Kier molecular flexibility index (Phi) is 4.18.